The zero-order chi connectivity index (χ0) is 13.9. The molecule has 0 bridgehead atoms. The van der Waals surface area contributed by atoms with Crippen LogP contribution < -0.4 is 11.1 Å². The topological polar surface area (TPSA) is 38.0 Å². The molecule has 0 saturated heterocycles. The fourth-order valence-corrected chi connectivity index (χ4v) is 2.42. The van der Waals surface area contributed by atoms with Gasteiger partial charge in [-0.05, 0) is 48.6 Å². The smallest absolute Gasteiger partial charge is 0.146 e. The molecular formula is C17H19FN2. The number of nitrogen functional groups attached to an aromatic ring is 1. The lowest BCUT2D eigenvalue weighted by Gasteiger charge is -2.20. The van der Waals surface area contributed by atoms with Crippen molar-refractivity contribution in [2.24, 2.45) is 5.92 Å². The normalized spacial score (nSPS) is 16.1. The summed E-state index contributed by atoms with van der Waals surface area (Å²) in [5.74, 6) is 0.432. The van der Waals surface area contributed by atoms with Crippen molar-refractivity contribution in [1.29, 1.82) is 0 Å². The highest BCUT2D eigenvalue weighted by molar-refractivity contribution is 5.45. The van der Waals surface area contributed by atoms with Gasteiger partial charge in [0.05, 0.1) is 11.7 Å². The summed E-state index contributed by atoms with van der Waals surface area (Å²) in [5.41, 5.74) is 8.10. The number of benzene rings is 2. The van der Waals surface area contributed by atoms with Gasteiger partial charge in [-0.25, -0.2) is 4.39 Å². The van der Waals surface area contributed by atoms with Gasteiger partial charge in [0.2, 0.25) is 0 Å². The predicted octanol–water partition coefficient (Wildman–Crippen LogP) is 3.50. The van der Waals surface area contributed by atoms with Crippen molar-refractivity contribution in [3.8, 4) is 0 Å². The first-order valence-corrected chi connectivity index (χ1v) is 7.07. The Balaban J connectivity index is 1.88. The Morgan fingerprint density at radius 1 is 1.10 bits per heavy atom. The Hall–Kier alpha value is -1.87. The highest BCUT2D eigenvalue weighted by Crippen LogP contribution is 2.30. The molecule has 2 nitrogen and oxygen atoms in total. The molecule has 0 radical (unpaired) electrons. The lowest BCUT2D eigenvalue weighted by Crippen LogP contribution is -2.24. The van der Waals surface area contributed by atoms with Gasteiger partial charge in [0.25, 0.3) is 0 Å². The Bertz CT molecular complexity index is 579. The average molecular weight is 270 g/mol. The second kappa shape index (κ2) is 5.63. The van der Waals surface area contributed by atoms with Gasteiger partial charge >= 0.3 is 0 Å². The van der Waals surface area contributed by atoms with E-state index in [0.29, 0.717) is 0 Å². The third-order valence-electron chi connectivity index (χ3n) is 3.79. The van der Waals surface area contributed by atoms with E-state index >= 15 is 0 Å². The van der Waals surface area contributed by atoms with E-state index in [4.69, 9.17) is 5.73 Å². The third-order valence-corrected chi connectivity index (χ3v) is 3.79. The van der Waals surface area contributed by atoms with Crippen LogP contribution in [0.4, 0.5) is 10.1 Å². The van der Waals surface area contributed by atoms with Crippen molar-refractivity contribution in [3.05, 3.63) is 65.5 Å². The van der Waals surface area contributed by atoms with Crippen molar-refractivity contribution in [3.63, 3.8) is 0 Å². The van der Waals surface area contributed by atoms with E-state index in [1.807, 2.05) is 24.3 Å². The first-order valence-electron chi connectivity index (χ1n) is 7.07. The fourth-order valence-electron chi connectivity index (χ4n) is 2.42. The Labute approximate surface area is 118 Å². The van der Waals surface area contributed by atoms with E-state index in [0.717, 1.165) is 18.0 Å². The van der Waals surface area contributed by atoms with Gasteiger partial charge < -0.3 is 11.1 Å². The van der Waals surface area contributed by atoms with Crippen molar-refractivity contribution in [2.45, 2.75) is 18.9 Å². The highest BCUT2D eigenvalue weighted by atomic mass is 19.1. The van der Waals surface area contributed by atoms with Gasteiger partial charge in [0.15, 0.2) is 0 Å². The first kappa shape index (κ1) is 13.1. The van der Waals surface area contributed by atoms with Crippen LogP contribution in [0.2, 0.25) is 0 Å². The van der Waals surface area contributed by atoms with E-state index in [1.165, 1.54) is 24.5 Å². The van der Waals surface area contributed by atoms with Crippen LogP contribution in [0.25, 0.3) is 0 Å². The van der Waals surface area contributed by atoms with Gasteiger partial charge in [-0.15, -0.1) is 0 Å². The molecule has 0 aliphatic heterocycles. The molecule has 3 rings (SSSR count). The summed E-state index contributed by atoms with van der Waals surface area (Å²) in [7, 11) is 0. The minimum absolute atomic E-state index is 0.0692. The predicted molar refractivity (Wildman–Crippen MR) is 79.8 cm³/mol. The number of hydrogen-bond acceptors (Lipinski definition) is 2. The molecule has 0 unspecified atom stereocenters. The molecule has 0 spiro atoms. The van der Waals surface area contributed by atoms with Gasteiger partial charge in [-0.3, -0.25) is 0 Å². The second-order valence-electron chi connectivity index (χ2n) is 5.48. The number of rotatable bonds is 5. The third kappa shape index (κ3) is 2.99. The van der Waals surface area contributed by atoms with Crippen molar-refractivity contribution < 1.29 is 4.39 Å². The summed E-state index contributed by atoms with van der Waals surface area (Å²) in [6.45, 7) is 0.997. The summed E-state index contributed by atoms with van der Waals surface area (Å²) >= 11 is 0. The van der Waals surface area contributed by atoms with Gasteiger partial charge in [-0.2, -0.15) is 0 Å². The Morgan fingerprint density at radius 2 is 1.85 bits per heavy atom. The number of anilines is 1. The van der Waals surface area contributed by atoms with Gasteiger partial charge in [0, 0.05) is 0 Å². The van der Waals surface area contributed by atoms with Gasteiger partial charge in [0.1, 0.15) is 5.82 Å². The molecule has 3 N–H and O–H groups in total. The quantitative estimate of drug-likeness (QED) is 0.816. The van der Waals surface area contributed by atoms with Crippen LogP contribution in [0.3, 0.4) is 0 Å². The van der Waals surface area contributed by atoms with Crippen LogP contribution in [0.5, 0.6) is 0 Å². The van der Waals surface area contributed by atoms with Gasteiger partial charge in [-0.1, -0.05) is 36.4 Å². The zero-order valence-corrected chi connectivity index (χ0v) is 11.4. The minimum atomic E-state index is -0.359. The largest absolute Gasteiger partial charge is 0.396 e. The van der Waals surface area contributed by atoms with Crippen LogP contribution in [0.1, 0.15) is 30.0 Å². The molecule has 0 aromatic heterocycles. The number of nitrogens with one attached hydrogen (secondary N) is 1. The number of halogens is 1. The summed E-state index contributed by atoms with van der Waals surface area (Å²) in [5, 5.41) is 3.58. The molecule has 0 heterocycles. The lowest BCUT2D eigenvalue weighted by atomic mass is 9.98. The SMILES string of the molecule is Nc1cc([C@H](NCC2CC2)c2ccccc2)ccc1F. The molecule has 104 valence electrons. The minimum Gasteiger partial charge on any atom is -0.396 e. The summed E-state index contributed by atoms with van der Waals surface area (Å²) in [4.78, 5) is 0. The Morgan fingerprint density at radius 3 is 2.50 bits per heavy atom. The first-order chi connectivity index (χ1) is 9.74. The number of hydrogen-bond donors (Lipinski definition) is 2. The van der Waals surface area contributed by atoms with Crippen LogP contribution in [-0.2, 0) is 0 Å². The maximum absolute atomic E-state index is 13.3. The molecule has 1 saturated carbocycles. The van der Waals surface area contributed by atoms with E-state index in [9.17, 15) is 4.39 Å². The molecule has 1 aliphatic rings. The summed E-state index contributed by atoms with van der Waals surface area (Å²) in [6, 6.07) is 15.3. The molecule has 3 heteroatoms. The van der Waals surface area contributed by atoms with Crippen LogP contribution in [0, 0.1) is 11.7 Å². The van der Waals surface area contributed by atoms with Crippen LogP contribution >= 0.6 is 0 Å². The van der Waals surface area contributed by atoms with Crippen molar-refractivity contribution in [2.75, 3.05) is 12.3 Å². The van der Waals surface area contributed by atoms with Crippen LogP contribution in [-0.4, -0.2) is 6.54 Å². The number of nitrogens with two attached hydrogens (primary N) is 1. The van der Waals surface area contributed by atoms with Crippen molar-refractivity contribution >= 4 is 5.69 Å². The molecule has 0 amide bonds. The van der Waals surface area contributed by atoms with Crippen molar-refractivity contribution in [1.82, 2.24) is 5.32 Å². The molecule has 1 aliphatic carbocycles. The molecular weight excluding hydrogens is 251 g/mol. The molecule has 2 aromatic rings. The van der Waals surface area contributed by atoms with E-state index < -0.39 is 0 Å². The summed E-state index contributed by atoms with van der Waals surface area (Å²) < 4.78 is 13.3. The molecule has 1 atom stereocenters. The molecule has 2 aromatic carbocycles. The maximum atomic E-state index is 13.3. The molecule has 1 fully saturated rings. The summed E-state index contributed by atoms with van der Waals surface area (Å²) in [6.07, 6.45) is 2.61. The monoisotopic (exact) mass is 270 g/mol. The lowest BCUT2D eigenvalue weighted by molar-refractivity contribution is 0.571. The average Bonchev–Trinajstić information content (AvgIpc) is 3.28. The fraction of sp³-hybridized carbons (Fsp3) is 0.294. The highest BCUT2D eigenvalue weighted by Gasteiger charge is 2.23. The van der Waals surface area contributed by atoms with E-state index in [1.54, 1.807) is 6.07 Å². The van der Waals surface area contributed by atoms with Crippen LogP contribution in [0.15, 0.2) is 48.5 Å². The van der Waals surface area contributed by atoms with E-state index in [2.05, 4.69) is 17.4 Å². The second-order valence-corrected chi connectivity index (χ2v) is 5.48. The standard InChI is InChI=1S/C17H19FN2/c18-15-9-8-14(10-16(15)19)17(20-11-12-6-7-12)13-4-2-1-3-5-13/h1-5,8-10,12,17,20H,6-7,11,19H2/t17-/m1/s1. The zero-order valence-electron chi connectivity index (χ0n) is 11.4. The maximum Gasteiger partial charge on any atom is 0.146 e. The molecule has 20 heavy (non-hydrogen) atoms. The Kier molecular flexibility index (Phi) is 3.70. The van der Waals surface area contributed by atoms with E-state index in [-0.39, 0.29) is 17.5 Å².